The Labute approximate surface area is 189 Å². The maximum absolute atomic E-state index is 14.1. The summed E-state index contributed by atoms with van der Waals surface area (Å²) in [5.41, 5.74) is -0.214. The summed E-state index contributed by atoms with van der Waals surface area (Å²) in [4.78, 5) is 17.8. The van der Waals surface area contributed by atoms with E-state index in [9.17, 15) is 9.90 Å². The Kier molecular flexibility index (Phi) is 6.68. The maximum atomic E-state index is 14.1. The van der Waals surface area contributed by atoms with Crippen LogP contribution in [0.1, 0.15) is 29.7 Å². The number of hydrogen-bond acceptors (Lipinski definition) is 4. The topological polar surface area (TPSA) is 62.2 Å². The molecule has 5 heteroatoms. The van der Waals surface area contributed by atoms with E-state index in [4.69, 9.17) is 4.74 Å². The summed E-state index contributed by atoms with van der Waals surface area (Å²) >= 11 is 0. The highest BCUT2D eigenvalue weighted by molar-refractivity contribution is 5.85. The number of benzene rings is 2. The Morgan fingerprint density at radius 1 is 1.03 bits per heavy atom. The molecule has 2 aromatic carbocycles. The molecule has 2 atom stereocenters. The Bertz CT molecular complexity index is 971. The zero-order valence-electron chi connectivity index (χ0n) is 18.5. The second-order valence-corrected chi connectivity index (χ2v) is 8.90. The first-order chi connectivity index (χ1) is 15.5. The van der Waals surface area contributed by atoms with Crippen LogP contribution in [0.5, 0.6) is 0 Å². The van der Waals surface area contributed by atoms with Gasteiger partial charge < -0.3 is 14.3 Å². The van der Waals surface area contributed by atoms with Crippen molar-refractivity contribution in [3.8, 4) is 0 Å². The lowest BCUT2D eigenvalue weighted by Gasteiger charge is -2.44. The highest BCUT2D eigenvalue weighted by atomic mass is 16.6. The van der Waals surface area contributed by atoms with Crippen LogP contribution in [-0.4, -0.2) is 48.2 Å². The molecule has 1 saturated heterocycles. The van der Waals surface area contributed by atoms with Crippen molar-refractivity contribution in [2.45, 2.75) is 31.0 Å². The van der Waals surface area contributed by atoms with Crippen molar-refractivity contribution in [2.75, 3.05) is 26.7 Å². The van der Waals surface area contributed by atoms with Gasteiger partial charge in [0.25, 0.3) is 0 Å². The van der Waals surface area contributed by atoms with Crippen LogP contribution >= 0.6 is 0 Å². The Morgan fingerprint density at radius 2 is 1.66 bits per heavy atom. The van der Waals surface area contributed by atoms with Gasteiger partial charge >= 0.3 is 5.97 Å². The second kappa shape index (κ2) is 9.63. The third-order valence-corrected chi connectivity index (χ3v) is 6.42. The third-order valence-electron chi connectivity index (χ3n) is 6.42. The Hall–Kier alpha value is -3.02. The monoisotopic (exact) mass is 430 g/mol. The van der Waals surface area contributed by atoms with Gasteiger partial charge in [-0.15, -0.1) is 0 Å². The second-order valence-electron chi connectivity index (χ2n) is 8.90. The summed E-state index contributed by atoms with van der Waals surface area (Å²) in [6.07, 6.45) is 4.15. The van der Waals surface area contributed by atoms with Crippen molar-refractivity contribution in [1.29, 1.82) is 0 Å². The number of nitrogens with zero attached hydrogens (tertiary/aromatic N) is 2. The van der Waals surface area contributed by atoms with E-state index in [-0.39, 0.29) is 6.10 Å². The summed E-state index contributed by atoms with van der Waals surface area (Å²) in [5.74, 6) is -0.724. The minimum Gasteiger partial charge on any atom is -0.834 e. The molecular formula is C27H30N2O3. The zero-order valence-corrected chi connectivity index (χ0v) is 18.5. The fourth-order valence-corrected chi connectivity index (χ4v) is 4.59. The van der Waals surface area contributed by atoms with E-state index < -0.39 is 11.6 Å². The van der Waals surface area contributed by atoms with Crippen molar-refractivity contribution in [1.82, 2.24) is 4.98 Å². The number of likely N-dealkylation sites (N-methyl/N-ethyl adjacent to an activating group) is 1. The fourth-order valence-electron chi connectivity index (χ4n) is 4.59. The van der Waals surface area contributed by atoms with E-state index in [1.54, 1.807) is 48.5 Å². The molecule has 0 bridgehead atoms. The van der Waals surface area contributed by atoms with Crippen molar-refractivity contribution in [3.63, 3.8) is 0 Å². The first kappa shape index (κ1) is 22.2. The van der Waals surface area contributed by atoms with Gasteiger partial charge in [-0.05, 0) is 29.7 Å². The third kappa shape index (κ3) is 4.90. The van der Waals surface area contributed by atoms with E-state index in [0.717, 1.165) is 42.5 Å². The first-order valence-electron chi connectivity index (χ1n) is 11.3. The van der Waals surface area contributed by atoms with Crippen LogP contribution in [0.25, 0.3) is 0 Å². The predicted octanol–water partition coefficient (Wildman–Crippen LogP) is 3.08. The van der Waals surface area contributed by atoms with Crippen molar-refractivity contribution < 1.29 is 19.1 Å². The van der Waals surface area contributed by atoms with E-state index >= 15 is 0 Å². The molecule has 1 fully saturated rings. The largest absolute Gasteiger partial charge is 0.834 e. The van der Waals surface area contributed by atoms with Gasteiger partial charge in [-0.1, -0.05) is 66.7 Å². The molecule has 166 valence electrons. The minimum atomic E-state index is -2.09. The SMILES string of the molecule is C[N@+]1(CCc2ccccn2)CCCC(OC(=O)C([O-])(c2ccccc2)c2ccccc2)C1. The minimum absolute atomic E-state index is 0.272. The lowest BCUT2D eigenvalue weighted by Crippen LogP contribution is -2.57. The number of piperidine rings is 1. The summed E-state index contributed by atoms with van der Waals surface area (Å²) in [5, 5.41) is 14.1. The number of ether oxygens (including phenoxy) is 1. The van der Waals surface area contributed by atoms with Crippen LogP contribution in [0.15, 0.2) is 85.1 Å². The number of carbonyl (C=O) groups excluding carboxylic acids is 1. The maximum Gasteiger partial charge on any atom is 0.304 e. The van der Waals surface area contributed by atoms with Crippen LogP contribution in [-0.2, 0) is 21.6 Å². The van der Waals surface area contributed by atoms with Crippen LogP contribution in [0.4, 0.5) is 0 Å². The summed E-state index contributed by atoms with van der Waals surface area (Å²) in [6.45, 7) is 2.66. The van der Waals surface area contributed by atoms with Crippen LogP contribution in [0.3, 0.4) is 0 Å². The number of carbonyl (C=O) groups is 1. The smallest absolute Gasteiger partial charge is 0.304 e. The molecule has 0 saturated carbocycles. The number of aromatic nitrogens is 1. The first-order valence-corrected chi connectivity index (χ1v) is 11.3. The molecule has 4 rings (SSSR count). The van der Waals surface area contributed by atoms with Gasteiger partial charge in [0.05, 0.1) is 20.1 Å². The number of quaternary nitrogens is 1. The van der Waals surface area contributed by atoms with E-state index in [1.165, 1.54) is 0 Å². The van der Waals surface area contributed by atoms with E-state index in [2.05, 4.69) is 12.0 Å². The summed E-state index contributed by atoms with van der Waals surface area (Å²) in [6, 6.07) is 23.6. The molecule has 3 aromatic rings. The average Bonchev–Trinajstić information content (AvgIpc) is 2.84. The summed E-state index contributed by atoms with van der Waals surface area (Å²) in [7, 11) is 2.20. The molecule has 2 heterocycles. The van der Waals surface area contributed by atoms with Gasteiger partial charge in [-0.2, -0.15) is 0 Å². The quantitative estimate of drug-likeness (QED) is 0.427. The number of rotatable bonds is 7. The molecular weight excluding hydrogens is 400 g/mol. The van der Waals surface area contributed by atoms with Gasteiger partial charge in [0, 0.05) is 30.3 Å². The molecule has 1 unspecified atom stereocenters. The number of esters is 1. The normalized spacial score (nSPS) is 21.1. The molecule has 0 spiro atoms. The van der Waals surface area contributed by atoms with E-state index in [1.807, 2.05) is 36.5 Å². The number of hydrogen-bond donors (Lipinski definition) is 0. The molecule has 0 N–H and O–H groups in total. The summed E-state index contributed by atoms with van der Waals surface area (Å²) < 4.78 is 6.73. The Morgan fingerprint density at radius 3 is 2.25 bits per heavy atom. The number of likely N-dealkylation sites (tertiary alicyclic amines) is 1. The number of pyridine rings is 1. The van der Waals surface area contributed by atoms with Crippen LogP contribution in [0.2, 0.25) is 0 Å². The van der Waals surface area contributed by atoms with Crippen molar-refractivity contribution in [3.05, 3.63) is 102 Å². The lowest BCUT2D eigenvalue weighted by atomic mass is 9.86. The fraction of sp³-hybridized carbons (Fsp3) is 0.333. The van der Waals surface area contributed by atoms with Gasteiger partial charge in [0.15, 0.2) is 6.10 Å². The molecule has 32 heavy (non-hydrogen) atoms. The zero-order chi connectivity index (χ0) is 22.4. The van der Waals surface area contributed by atoms with Gasteiger partial charge in [-0.25, -0.2) is 0 Å². The molecule has 1 aliphatic rings. The van der Waals surface area contributed by atoms with Gasteiger partial charge in [-0.3, -0.25) is 9.78 Å². The van der Waals surface area contributed by atoms with Crippen molar-refractivity contribution in [2.24, 2.45) is 0 Å². The molecule has 1 aliphatic heterocycles. The molecule has 1 aromatic heterocycles. The Balaban J connectivity index is 1.49. The lowest BCUT2D eigenvalue weighted by molar-refractivity contribution is -0.916. The van der Waals surface area contributed by atoms with Gasteiger partial charge in [0.2, 0.25) is 0 Å². The molecule has 0 amide bonds. The highest BCUT2D eigenvalue weighted by Gasteiger charge is 2.37. The molecule has 5 nitrogen and oxygen atoms in total. The molecule has 0 radical (unpaired) electrons. The van der Waals surface area contributed by atoms with Crippen LogP contribution < -0.4 is 5.11 Å². The van der Waals surface area contributed by atoms with Crippen LogP contribution in [0, 0.1) is 0 Å². The highest BCUT2D eigenvalue weighted by Crippen LogP contribution is 2.30. The molecule has 0 aliphatic carbocycles. The van der Waals surface area contributed by atoms with Crippen molar-refractivity contribution >= 4 is 5.97 Å². The van der Waals surface area contributed by atoms with E-state index in [0.29, 0.717) is 17.7 Å². The average molecular weight is 431 g/mol. The van der Waals surface area contributed by atoms with Gasteiger partial charge in [0.1, 0.15) is 6.54 Å². The predicted molar refractivity (Wildman–Crippen MR) is 122 cm³/mol. The standard InChI is InChI=1S/C27H30N2O3/c1-29(20-17-24-15-8-9-18-28-24)19-10-16-25(21-29)32-26(30)27(31,22-11-4-2-5-12-22)23-13-6-3-7-14-23/h2-9,11-15,18,25H,10,16-17,19-21H2,1H3/t25?,29-/m1/s1.